The second kappa shape index (κ2) is 6.08. The van der Waals surface area contributed by atoms with Gasteiger partial charge in [-0.3, -0.25) is 0 Å². The molecule has 0 aliphatic carbocycles. The third-order valence-corrected chi connectivity index (χ3v) is 2.58. The zero-order valence-corrected chi connectivity index (χ0v) is 10.3. The average molecular weight is 237 g/mol. The Balaban J connectivity index is 2.80. The van der Waals surface area contributed by atoms with Gasteiger partial charge in [0.05, 0.1) is 5.69 Å². The predicted octanol–water partition coefficient (Wildman–Crippen LogP) is 1.99. The summed E-state index contributed by atoms with van der Waals surface area (Å²) in [6.07, 6.45) is 3.33. The fraction of sp³-hybridized carbons (Fsp3) is 0.500. The van der Waals surface area contributed by atoms with E-state index >= 15 is 0 Å². The van der Waals surface area contributed by atoms with Crippen molar-refractivity contribution in [2.24, 2.45) is 0 Å². The van der Waals surface area contributed by atoms with Gasteiger partial charge >= 0.3 is 5.97 Å². The number of carbonyl (C=O) groups is 1. The first-order valence-corrected chi connectivity index (χ1v) is 5.77. The summed E-state index contributed by atoms with van der Waals surface area (Å²) in [6.45, 7) is 2.96. The molecule has 5 heteroatoms. The van der Waals surface area contributed by atoms with Crippen LogP contribution in [-0.2, 0) is 0 Å². The van der Waals surface area contributed by atoms with E-state index in [0.29, 0.717) is 11.5 Å². The Morgan fingerprint density at radius 2 is 2.18 bits per heavy atom. The summed E-state index contributed by atoms with van der Waals surface area (Å²) in [5, 5.41) is 8.87. The third kappa shape index (κ3) is 3.62. The standard InChI is InChI=1S/C12H19N3O2/c1-3-4-5-8-15(2)11-9(13)6-7-10(14-11)12(16)17/h6-7H,3-5,8,13H2,1-2H3,(H,16,17). The average Bonchev–Trinajstić information content (AvgIpc) is 2.29. The van der Waals surface area contributed by atoms with Gasteiger partial charge in [0, 0.05) is 13.6 Å². The molecule has 0 amide bonds. The number of carboxylic acids is 1. The van der Waals surface area contributed by atoms with E-state index in [1.54, 1.807) is 6.07 Å². The van der Waals surface area contributed by atoms with Crippen molar-refractivity contribution in [3.63, 3.8) is 0 Å². The Hall–Kier alpha value is -1.78. The summed E-state index contributed by atoms with van der Waals surface area (Å²) in [5.74, 6) is -0.491. The van der Waals surface area contributed by atoms with Crippen LogP contribution < -0.4 is 10.6 Å². The van der Waals surface area contributed by atoms with Crippen molar-refractivity contribution >= 4 is 17.5 Å². The van der Waals surface area contributed by atoms with Crippen LogP contribution in [0.2, 0.25) is 0 Å². The van der Waals surface area contributed by atoms with Crippen LogP contribution in [0.25, 0.3) is 0 Å². The number of hydrogen-bond acceptors (Lipinski definition) is 4. The summed E-state index contributed by atoms with van der Waals surface area (Å²) in [5.41, 5.74) is 6.33. The molecule has 0 spiro atoms. The zero-order chi connectivity index (χ0) is 12.8. The molecule has 0 radical (unpaired) electrons. The van der Waals surface area contributed by atoms with Crippen LogP contribution in [-0.4, -0.2) is 29.7 Å². The van der Waals surface area contributed by atoms with Crippen molar-refractivity contribution in [1.82, 2.24) is 4.98 Å². The summed E-state index contributed by atoms with van der Waals surface area (Å²) in [7, 11) is 1.87. The summed E-state index contributed by atoms with van der Waals surface area (Å²) >= 11 is 0. The van der Waals surface area contributed by atoms with Gasteiger partial charge in [-0.2, -0.15) is 0 Å². The van der Waals surface area contributed by atoms with Crippen molar-refractivity contribution in [3.8, 4) is 0 Å². The van der Waals surface area contributed by atoms with Gasteiger partial charge in [-0.25, -0.2) is 9.78 Å². The highest BCUT2D eigenvalue weighted by Crippen LogP contribution is 2.20. The van der Waals surface area contributed by atoms with Gasteiger partial charge < -0.3 is 15.7 Å². The van der Waals surface area contributed by atoms with Gasteiger partial charge in [-0.1, -0.05) is 19.8 Å². The lowest BCUT2D eigenvalue weighted by molar-refractivity contribution is 0.0690. The molecule has 0 unspecified atom stereocenters. The van der Waals surface area contributed by atoms with Crippen LogP contribution in [0.15, 0.2) is 12.1 Å². The minimum Gasteiger partial charge on any atom is -0.477 e. The van der Waals surface area contributed by atoms with E-state index in [2.05, 4.69) is 11.9 Å². The molecule has 0 fully saturated rings. The minimum absolute atomic E-state index is 0.0246. The maximum absolute atomic E-state index is 10.8. The third-order valence-electron chi connectivity index (χ3n) is 2.58. The van der Waals surface area contributed by atoms with E-state index in [0.717, 1.165) is 25.8 Å². The highest BCUT2D eigenvalue weighted by Gasteiger charge is 2.11. The number of hydrogen-bond donors (Lipinski definition) is 2. The van der Waals surface area contributed by atoms with Crippen molar-refractivity contribution < 1.29 is 9.90 Å². The van der Waals surface area contributed by atoms with E-state index in [1.165, 1.54) is 6.07 Å². The second-order valence-electron chi connectivity index (χ2n) is 4.04. The Labute approximate surface area is 101 Å². The van der Waals surface area contributed by atoms with E-state index < -0.39 is 5.97 Å². The van der Waals surface area contributed by atoms with Gasteiger partial charge in [0.15, 0.2) is 11.5 Å². The number of carboxylic acid groups (broad SMARTS) is 1. The highest BCUT2D eigenvalue weighted by atomic mass is 16.4. The topological polar surface area (TPSA) is 79.5 Å². The Bertz CT molecular complexity index is 393. The molecule has 0 saturated heterocycles. The Morgan fingerprint density at radius 3 is 2.76 bits per heavy atom. The molecular formula is C12H19N3O2. The van der Waals surface area contributed by atoms with Gasteiger partial charge in [-0.15, -0.1) is 0 Å². The van der Waals surface area contributed by atoms with Crippen LogP contribution in [0.3, 0.4) is 0 Å². The van der Waals surface area contributed by atoms with Crippen molar-refractivity contribution in [1.29, 1.82) is 0 Å². The lowest BCUT2D eigenvalue weighted by Crippen LogP contribution is -2.22. The first-order valence-electron chi connectivity index (χ1n) is 5.77. The smallest absolute Gasteiger partial charge is 0.354 e. The largest absolute Gasteiger partial charge is 0.477 e. The number of nitrogen functional groups attached to an aromatic ring is 1. The fourth-order valence-corrected chi connectivity index (χ4v) is 1.59. The number of anilines is 2. The molecule has 5 nitrogen and oxygen atoms in total. The van der Waals surface area contributed by atoms with Crippen molar-refractivity contribution in [2.45, 2.75) is 26.2 Å². The molecule has 1 rings (SSSR count). The molecule has 1 aromatic heterocycles. The summed E-state index contributed by atoms with van der Waals surface area (Å²) in [6, 6.07) is 3.00. The molecule has 1 aromatic rings. The molecule has 0 aliphatic rings. The Morgan fingerprint density at radius 1 is 1.47 bits per heavy atom. The van der Waals surface area contributed by atoms with Crippen molar-refractivity contribution in [2.75, 3.05) is 24.2 Å². The minimum atomic E-state index is -1.03. The number of aromatic nitrogens is 1. The first kappa shape index (κ1) is 13.3. The normalized spacial score (nSPS) is 10.2. The highest BCUT2D eigenvalue weighted by molar-refractivity contribution is 5.86. The SMILES string of the molecule is CCCCCN(C)c1nc(C(=O)O)ccc1N. The first-order chi connectivity index (χ1) is 8.06. The van der Waals surface area contributed by atoms with E-state index in [9.17, 15) is 4.79 Å². The zero-order valence-electron chi connectivity index (χ0n) is 10.3. The number of nitrogens with zero attached hydrogens (tertiary/aromatic N) is 2. The van der Waals surface area contributed by atoms with Gasteiger partial charge in [0.2, 0.25) is 0 Å². The number of pyridine rings is 1. The maximum Gasteiger partial charge on any atom is 0.354 e. The van der Waals surface area contributed by atoms with Crippen LogP contribution in [0.5, 0.6) is 0 Å². The quantitative estimate of drug-likeness (QED) is 0.740. The molecule has 0 aromatic carbocycles. The number of unbranched alkanes of at least 4 members (excludes halogenated alkanes) is 2. The van der Waals surface area contributed by atoms with Crippen LogP contribution in [0.4, 0.5) is 11.5 Å². The van der Waals surface area contributed by atoms with Gasteiger partial charge in [-0.05, 0) is 18.6 Å². The van der Waals surface area contributed by atoms with Crippen molar-refractivity contribution in [3.05, 3.63) is 17.8 Å². The fourth-order valence-electron chi connectivity index (χ4n) is 1.59. The van der Waals surface area contributed by atoms with Gasteiger partial charge in [0.25, 0.3) is 0 Å². The maximum atomic E-state index is 10.8. The molecule has 0 bridgehead atoms. The van der Waals surface area contributed by atoms with E-state index in [4.69, 9.17) is 10.8 Å². The lowest BCUT2D eigenvalue weighted by Gasteiger charge is -2.19. The summed E-state index contributed by atoms with van der Waals surface area (Å²) in [4.78, 5) is 16.8. The molecule has 1 heterocycles. The molecule has 3 N–H and O–H groups in total. The second-order valence-corrected chi connectivity index (χ2v) is 4.04. The molecule has 0 aliphatic heterocycles. The summed E-state index contributed by atoms with van der Waals surface area (Å²) < 4.78 is 0. The lowest BCUT2D eigenvalue weighted by atomic mass is 10.2. The molecule has 0 saturated carbocycles. The number of rotatable bonds is 6. The number of nitrogens with two attached hydrogens (primary N) is 1. The number of aromatic carboxylic acids is 1. The molecule has 94 valence electrons. The predicted molar refractivity (Wildman–Crippen MR) is 68.4 cm³/mol. The molecule has 17 heavy (non-hydrogen) atoms. The van der Waals surface area contributed by atoms with Gasteiger partial charge in [0.1, 0.15) is 0 Å². The van der Waals surface area contributed by atoms with Crippen LogP contribution in [0.1, 0.15) is 36.7 Å². The monoisotopic (exact) mass is 237 g/mol. The van der Waals surface area contributed by atoms with E-state index in [1.807, 2.05) is 11.9 Å². The van der Waals surface area contributed by atoms with Crippen LogP contribution in [0, 0.1) is 0 Å². The van der Waals surface area contributed by atoms with E-state index in [-0.39, 0.29) is 5.69 Å². The molecular weight excluding hydrogens is 218 g/mol. The van der Waals surface area contributed by atoms with Crippen LogP contribution >= 0.6 is 0 Å². The molecule has 0 atom stereocenters. The Kier molecular flexibility index (Phi) is 4.75.